The summed E-state index contributed by atoms with van der Waals surface area (Å²) >= 11 is 0. The van der Waals surface area contributed by atoms with Gasteiger partial charge in [0.25, 0.3) is 0 Å². The highest BCUT2D eigenvalue weighted by Crippen LogP contribution is 2.50. The predicted molar refractivity (Wildman–Crippen MR) is 151 cm³/mol. The Kier molecular flexibility index (Phi) is 4.77. The van der Waals surface area contributed by atoms with E-state index in [1.54, 1.807) is 0 Å². The first kappa shape index (κ1) is 22.1. The van der Waals surface area contributed by atoms with Crippen molar-refractivity contribution in [2.75, 3.05) is 19.0 Å². The molecule has 0 N–H and O–H groups in total. The van der Waals surface area contributed by atoms with Crippen LogP contribution < -0.4 is 4.90 Å². The summed E-state index contributed by atoms with van der Waals surface area (Å²) in [7, 11) is 4.48. The minimum absolute atomic E-state index is 0.0136. The Morgan fingerprint density at radius 2 is 1.34 bits per heavy atom. The maximum absolute atomic E-state index is 2.49. The number of rotatable bonds is 3. The van der Waals surface area contributed by atoms with E-state index in [1.807, 2.05) is 0 Å². The summed E-state index contributed by atoms with van der Waals surface area (Å²) in [5.41, 5.74) is 8.52. The number of hydrogen-bond acceptors (Lipinski definition) is 1. The highest BCUT2D eigenvalue weighted by atomic mass is 15.2. The van der Waals surface area contributed by atoms with Crippen molar-refractivity contribution in [3.8, 4) is 0 Å². The first-order chi connectivity index (χ1) is 16.7. The SMILES string of the molecule is CN1C(=CCCC2=[N+](C)c3ccc4ccccc4c3C2(C)C)C(C)(C)c2c1ccc1ccccc21. The van der Waals surface area contributed by atoms with Crippen LogP contribution in [0.1, 0.15) is 51.7 Å². The van der Waals surface area contributed by atoms with E-state index in [2.05, 4.69) is 130 Å². The molecule has 4 aromatic carbocycles. The van der Waals surface area contributed by atoms with Gasteiger partial charge in [-0.05, 0) is 59.5 Å². The van der Waals surface area contributed by atoms with Crippen LogP contribution in [0.15, 0.2) is 84.6 Å². The minimum atomic E-state index is -0.0219. The third-order valence-corrected chi connectivity index (χ3v) is 8.63. The van der Waals surface area contributed by atoms with E-state index in [1.165, 1.54) is 55.5 Å². The highest BCUT2D eigenvalue weighted by molar-refractivity contribution is 6.02. The van der Waals surface area contributed by atoms with Gasteiger partial charge in [-0.15, -0.1) is 0 Å². The molecule has 0 unspecified atom stereocenters. The summed E-state index contributed by atoms with van der Waals surface area (Å²) in [6.07, 6.45) is 4.58. The van der Waals surface area contributed by atoms with Crippen molar-refractivity contribution in [2.24, 2.45) is 0 Å². The van der Waals surface area contributed by atoms with Crippen LogP contribution in [0, 0.1) is 0 Å². The van der Waals surface area contributed by atoms with Gasteiger partial charge < -0.3 is 4.90 Å². The number of likely N-dealkylation sites (N-methyl/N-ethyl adjacent to an activating group) is 1. The minimum Gasteiger partial charge on any atom is -0.347 e. The lowest BCUT2D eigenvalue weighted by molar-refractivity contribution is -0.403. The lowest BCUT2D eigenvalue weighted by atomic mass is 9.77. The topological polar surface area (TPSA) is 6.25 Å². The molecule has 2 heteroatoms. The summed E-state index contributed by atoms with van der Waals surface area (Å²) in [4.78, 5) is 2.41. The molecule has 2 aliphatic rings. The third kappa shape index (κ3) is 3.05. The van der Waals surface area contributed by atoms with Crippen LogP contribution in [-0.2, 0) is 10.8 Å². The first-order valence-electron chi connectivity index (χ1n) is 12.8. The molecule has 0 saturated carbocycles. The number of anilines is 1. The molecule has 0 fully saturated rings. The normalized spacial score (nSPS) is 19.1. The molecule has 0 atom stereocenters. The van der Waals surface area contributed by atoms with Crippen LogP contribution >= 0.6 is 0 Å². The van der Waals surface area contributed by atoms with Gasteiger partial charge in [0, 0.05) is 41.9 Å². The summed E-state index contributed by atoms with van der Waals surface area (Å²) in [5, 5.41) is 5.41. The number of allylic oxidation sites excluding steroid dienone is 2. The maximum Gasteiger partial charge on any atom is 0.209 e. The fraction of sp³-hybridized carbons (Fsp3) is 0.303. The fourth-order valence-corrected chi connectivity index (χ4v) is 7.00. The summed E-state index contributed by atoms with van der Waals surface area (Å²) in [6.45, 7) is 9.57. The third-order valence-electron chi connectivity index (χ3n) is 8.63. The number of nitrogens with zero attached hydrogens (tertiary/aromatic N) is 2. The summed E-state index contributed by atoms with van der Waals surface area (Å²) < 4.78 is 2.45. The van der Waals surface area contributed by atoms with Gasteiger partial charge in [-0.2, -0.15) is 0 Å². The number of benzene rings is 4. The van der Waals surface area contributed by atoms with Gasteiger partial charge >= 0.3 is 0 Å². The number of fused-ring (bicyclic) bond motifs is 6. The van der Waals surface area contributed by atoms with E-state index >= 15 is 0 Å². The Morgan fingerprint density at radius 1 is 0.743 bits per heavy atom. The molecule has 2 heterocycles. The van der Waals surface area contributed by atoms with Gasteiger partial charge in [-0.3, -0.25) is 0 Å². The molecule has 0 radical (unpaired) electrons. The van der Waals surface area contributed by atoms with E-state index in [0.717, 1.165) is 12.8 Å². The molecule has 0 aromatic heterocycles. The molecule has 0 amide bonds. The zero-order valence-corrected chi connectivity index (χ0v) is 21.8. The Labute approximate surface area is 209 Å². The van der Waals surface area contributed by atoms with Crippen LogP contribution in [-0.4, -0.2) is 24.4 Å². The molecule has 0 saturated heterocycles. The van der Waals surface area contributed by atoms with Crippen LogP contribution in [0.2, 0.25) is 0 Å². The Hall–Kier alpha value is -3.39. The molecule has 0 spiro atoms. The van der Waals surface area contributed by atoms with Crippen LogP contribution in [0.4, 0.5) is 11.4 Å². The van der Waals surface area contributed by atoms with Gasteiger partial charge in [0.1, 0.15) is 7.05 Å². The average Bonchev–Trinajstić information content (AvgIpc) is 3.17. The molecule has 35 heavy (non-hydrogen) atoms. The molecule has 176 valence electrons. The van der Waals surface area contributed by atoms with Crippen LogP contribution in [0.5, 0.6) is 0 Å². The molecule has 2 aliphatic heterocycles. The molecule has 0 bridgehead atoms. The van der Waals surface area contributed by atoms with E-state index in [9.17, 15) is 0 Å². The average molecular weight is 460 g/mol. The monoisotopic (exact) mass is 459 g/mol. The van der Waals surface area contributed by atoms with Crippen molar-refractivity contribution in [1.82, 2.24) is 0 Å². The molecular formula is C33H35N2+. The Morgan fingerprint density at radius 3 is 2.03 bits per heavy atom. The van der Waals surface area contributed by atoms with Crippen molar-refractivity contribution in [2.45, 2.75) is 51.4 Å². The predicted octanol–water partition coefficient (Wildman–Crippen LogP) is 8.09. The maximum atomic E-state index is 2.49. The van der Waals surface area contributed by atoms with E-state index in [0.29, 0.717) is 0 Å². The first-order valence-corrected chi connectivity index (χ1v) is 12.8. The fourth-order valence-electron chi connectivity index (χ4n) is 7.00. The van der Waals surface area contributed by atoms with Crippen molar-refractivity contribution in [3.05, 3.63) is 95.7 Å². The van der Waals surface area contributed by atoms with Crippen molar-refractivity contribution < 1.29 is 4.58 Å². The van der Waals surface area contributed by atoms with Crippen molar-refractivity contribution >= 4 is 38.6 Å². The van der Waals surface area contributed by atoms with Gasteiger partial charge in [-0.1, -0.05) is 74.5 Å². The zero-order valence-electron chi connectivity index (χ0n) is 21.8. The largest absolute Gasteiger partial charge is 0.347 e. The second-order valence-electron chi connectivity index (χ2n) is 11.3. The van der Waals surface area contributed by atoms with E-state index < -0.39 is 0 Å². The number of hydrogen-bond donors (Lipinski definition) is 0. The van der Waals surface area contributed by atoms with Gasteiger partial charge in [0.15, 0.2) is 5.71 Å². The van der Waals surface area contributed by atoms with Crippen LogP contribution in [0.3, 0.4) is 0 Å². The smallest absolute Gasteiger partial charge is 0.209 e. The molecule has 2 nitrogen and oxygen atoms in total. The van der Waals surface area contributed by atoms with Crippen LogP contribution in [0.25, 0.3) is 21.5 Å². The van der Waals surface area contributed by atoms with Gasteiger partial charge in [0.05, 0.1) is 5.41 Å². The summed E-state index contributed by atoms with van der Waals surface area (Å²) in [6, 6.07) is 26.7. The zero-order chi connectivity index (χ0) is 24.5. The molecule has 0 aliphatic carbocycles. The van der Waals surface area contributed by atoms with E-state index in [4.69, 9.17) is 0 Å². The molecule has 6 rings (SSSR count). The molecule has 4 aromatic rings. The van der Waals surface area contributed by atoms with Crippen molar-refractivity contribution in [1.29, 1.82) is 0 Å². The van der Waals surface area contributed by atoms with Gasteiger partial charge in [0.2, 0.25) is 5.69 Å². The molecular weight excluding hydrogens is 424 g/mol. The van der Waals surface area contributed by atoms with Crippen molar-refractivity contribution in [3.63, 3.8) is 0 Å². The summed E-state index contributed by atoms with van der Waals surface area (Å²) in [5.74, 6) is 0. The standard InChI is InChI=1S/C33H35N2/c1-32(2)28(34(5)26-20-18-22-12-7-9-14-24(22)30(26)32)16-11-17-29-33(3,4)31-25-15-10-8-13-23(25)19-21-27(31)35(29)6/h7-10,12-16,18-21H,11,17H2,1-6H3/q+1. The lowest BCUT2D eigenvalue weighted by Gasteiger charge is -2.25. The highest BCUT2D eigenvalue weighted by Gasteiger charge is 2.45. The Balaban J connectivity index is 1.34. The van der Waals surface area contributed by atoms with E-state index in [-0.39, 0.29) is 10.8 Å². The second-order valence-corrected chi connectivity index (χ2v) is 11.3. The lowest BCUT2D eigenvalue weighted by Crippen LogP contribution is -2.29. The van der Waals surface area contributed by atoms with Gasteiger partial charge in [-0.25, -0.2) is 4.58 Å². The second kappa shape index (κ2) is 7.55. The Bertz CT molecular complexity index is 1570. The quantitative estimate of drug-likeness (QED) is 0.281.